The predicted octanol–water partition coefficient (Wildman–Crippen LogP) is 4.50. The van der Waals surface area contributed by atoms with Gasteiger partial charge < -0.3 is 0 Å². The molecule has 1 amide bonds. The number of nitrogens with one attached hydrogen (secondary N) is 2. The van der Waals surface area contributed by atoms with Gasteiger partial charge in [-0.1, -0.05) is 29.0 Å². The fourth-order valence-corrected chi connectivity index (χ4v) is 5.55. The van der Waals surface area contributed by atoms with Gasteiger partial charge in [0.15, 0.2) is 5.13 Å². The molecule has 0 unspecified atom stereocenters. The first-order valence-corrected chi connectivity index (χ1v) is 11.7. The van der Waals surface area contributed by atoms with E-state index >= 15 is 0 Å². The third-order valence-corrected chi connectivity index (χ3v) is 7.17. The number of benzene rings is 1. The van der Waals surface area contributed by atoms with Gasteiger partial charge in [-0.15, -0.1) is 0 Å². The molecule has 0 saturated carbocycles. The normalized spacial score (nSPS) is 12.0. The van der Waals surface area contributed by atoms with Gasteiger partial charge in [-0.3, -0.25) is 15.1 Å². The van der Waals surface area contributed by atoms with Gasteiger partial charge in [0.05, 0.1) is 21.3 Å². The van der Waals surface area contributed by atoms with Crippen LogP contribution in [0.15, 0.2) is 47.5 Å². The molecule has 0 fully saturated rings. The highest BCUT2D eigenvalue weighted by Crippen LogP contribution is 2.32. The van der Waals surface area contributed by atoms with Gasteiger partial charge in [-0.25, -0.2) is 18.1 Å². The molecule has 3 aromatic rings. The largest absolute Gasteiger partial charge is 0.298 e. The SMILES string of the molecule is Cc1nc(NC(=O)c2ccc(Cl)c(S(=O)(=O)NC(C)(C)C)c2)sc1-c1ccccn1. The van der Waals surface area contributed by atoms with E-state index in [4.69, 9.17) is 11.6 Å². The Bertz CT molecular complexity index is 1190. The van der Waals surface area contributed by atoms with E-state index in [1.54, 1.807) is 27.0 Å². The third kappa shape index (κ3) is 5.23. The van der Waals surface area contributed by atoms with Gasteiger partial charge >= 0.3 is 0 Å². The summed E-state index contributed by atoms with van der Waals surface area (Å²) in [5.41, 5.74) is 0.963. The van der Waals surface area contributed by atoms with Crippen LogP contribution in [-0.4, -0.2) is 29.8 Å². The summed E-state index contributed by atoms with van der Waals surface area (Å²) in [7, 11) is -3.90. The van der Waals surface area contributed by atoms with E-state index in [-0.39, 0.29) is 15.5 Å². The maximum atomic E-state index is 12.7. The van der Waals surface area contributed by atoms with Crippen molar-refractivity contribution in [2.24, 2.45) is 0 Å². The monoisotopic (exact) mass is 464 g/mol. The number of carbonyl (C=O) groups excluding carboxylic acids is 1. The number of aryl methyl sites for hydroxylation is 1. The average molecular weight is 465 g/mol. The van der Waals surface area contributed by atoms with Gasteiger partial charge in [0.2, 0.25) is 10.0 Å². The summed E-state index contributed by atoms with van der Waals surface area (Å²) >= 11 is 7.39. The molecular weight excluding hydrogens is 444 g/mol. The fraction of sp³-hybridized carbons (Fsp3) is 0.250. The van der Waals surface area contributed by atoms with Crippen LogP contribution in [0, 0.1) is 6.92 Å². The van der Waals surface area contributed by atoms with Crippen LogP contribution in [0.2, 0.25) is 5.02 Å². The summed E-state index contributed by atoms with van der Waals surface area (Å²) in [4.78, 5) is 22.1. The average Bonchev–Trinajstić information content (AvgIpc) is 3.00. The summed E-state index contributed by atoms with van der Waals surface area (Å²) in [5.74, 6) is -0.486. The number of hydrogen-bond donors (Lipinski definition) is 2. The molecule has 10 heteroatoms. The van der Waals surface area contributed by atoms with Crippen molar-refractivity contribution in [1.29, 1.82) is 0 Å². The maximum Gasteiger partial charge on any atom is 0.257 e. The van der Waals surface area contributed by atoms with E-state index in [1.165, 1.54) is 29.5 Å². The van der Waals surface area contributed by atoms with Crippen molar-refractivity contribution >= 4 is 44.0 Å². The predicted molar refractivity (Wildman–Crippen MR) is 120 cm³/mol. The highest BCUT2D eigenvalue weighted by molar-refractivity contribution is 7.89. The highest BCUT2D eigenvalue weighted by Gasteiger charge is 2.25. The minimum Gasteiger partial charge on any atom is -0.298 e. The number of anilines is 1. The fourth-order valence-electron chi connectivity index (χ4n) is 2.66. The molecule has 2 aromatic heterocycles. The number of amides is 1. The molecule has 0 atom stereocenters. The summed E-state index contributed by atoms with van der Waals surface area (Å²) in [5, 5.41) is 3.14. The molecule has 0 saturated heterocycles. The van der Waals surface area contributed by atoms with Gasteiger partial charge in [0, 0.05) is 17.3 Å². The van der Waals surface area contributed by atoms with Gasteiger partial charge in [-0.05, 0) is 58.0 Å². The van der Waals surface area contributed by atoms with Crippen LogP contribution in [0.5, 0.6) is 0 Å². The zero-order chi connectivity index (χ0) is 22.1. The number of hydrogen-bond acceptors (Lipinski definition) is 6. The van der Waals surface area contributed by atoms with E-state index in [0.717, 1.165) is 16.3 Å². The first-order chi connectivity index (χ1) is 14.0. The smallest absolute Gasteiger partial charge is 0.257 e. The van der Waals surface area contributed by atoms with Gasteiger partial charge in [-0.2, -0.15) is 0 Å². The molecular formula is C20H21ClN4O3S2. The van der Waals surface area contributed by atoms with E-state index in [2.05, 4.69) is 20.0 Å². The van der Waals surface area contributed by atoms with Crippen molar-refractivity contribution in [2.75, 3.05) is 5.32 Å². The molecule has 0 aliphatic carbocycles. The zero-order valence-corrected chi connectivity index (χ0v) is 19.2. The van der Waals surface area contributed by atoms with Crippen molar-refractivity contribution in [3.63, 3.8) is 0 Å². The van der Waals surface area contributed by atoms with Crippen LogP contribution >= 0.6 is 22.9 Å². The minimum atomic E-state index is -3.90. The summed E-state index contributed by atoms with van der Waals surface area (Å²) in [6.07, 6.45) is 1.69. The second kappa shape index (κ2) is 8.43. The molecule has 1 aromatic carbocycles. The van der Waals surface area contributed by atoms with Gasteiger partial charge in [0.1, 0.15) is 4.90 Å². The molecule has 0 spiro atoms. The number of rotatable bonds is 5. The molecule has 3 rings (SSSR count). The molecule has 0 radical (unpaired) electrons. The molecule has 30 heavy (non-hydrogen) atoms. The van der Waals surface area contributed by atoms with Crippen LogP contribution in [0.3, 0.4) is 0 Å². The molecule has 2 heterocycles. The second-order valence-corrected chi connectivity index (χ2v) is 10.7. The summed E-state index contributed by atoms with van der Waals surface area (Å²) in [6.45, 7) is 7.00. The number of pyridine rings is 1. The van der Waals surface area contributed by atoms with Crippen LogP contribution in [-0.2, 0) is 10.0 Å². The lowest BCUT2D eigenvalue weighted by Crippen LogP contribution is -2.40. The molecule has 2 N–H and O–H groups in total. The number of sulfonamides is 1. The van der Waals surface area contributed by atoms with Crippen molar-refractivity contribution in [1.82, 2.24) is 14.7 Å². The zero-order valence-electron chi connectivity index (χ0n) is 16.9. The van der Waals surface area contributed by atoms with Crippen LogP contribution in [0.4, 0.5) is 5.13 Å². The van der Waals surface area contributed by atoms with Crippen molar-refractivity contribution < 1.29 is 13.2 Å². The number of aromatic nitrogens is 2. The third-order valence-electron chi connectivity index (χ3n) is 3.84. The van der Waals surface area contributed by atoms with E-state index in [1.807, 2.05) is 25.1 Å². The van der Waals surface area contributed by atoms with Gasteiger partial charge in [0.25, 0.3) is 5.91 Å². The maximum absolute atomic E-state index is 12.7. The Morgan fingerprint density at radius 1 is 1.17 bits per heavy atom. The summed E-state index contributed by atoms with van der Waals surface area (Å²) in [6, 6.07) is 9.68. The topological polar surface area (TPSA) is 101 Å². The molecule has 0 bridgehead atoms. The van der Waals surface area contributed by atoms with Crippen molar-refractivity contribution in [2.45, 2.75) is 38.1 Å². The van der Waals surface area contributed by atoms with Crippen LogP contribution < -0.4 is 10.0 Å². The molecule has 0 aliphatic heterocycles. The van der Waals surface area contributed by atoms with Crippen LogP contribution in [0.1, 0.15) is 36.8 Å². The minimum absolute atomic E-state index is 0.0332. The Labute approximate surface area is 184 Å². The number of thiazole rings is 1. The number of nitrogens with zero attached hydrogens (tertiary/aromatic N) is 2. The Morgan fingerprint density at radius 2 is 1.90 bits per heavy atom. The second-order valence-electron chi connectivity index (χ2n) is 7.60. The molecule has 158 valence electrons. The van der Waals surface area contributed by atoms with Crippen molar-refractivity contribution in [3.8, 4) is 10.6 Å². The molecule has 7 nitrogen and oxygen atoms in total. The quantitative estimate of drug-likeness (QED) is 0.579. The van der Waals surface area contributed by atoms with Crippen molar-refractivity contribution in [3.05, 3.63) is 58.9 Å². The lowest BCUT2D eigenvalue weighted by Gasteiger charge is -2.21. The Hall–Kier alpha value is -2.33. The number of carbonyl (C=O) groups is 1. The van der Waals surface area contributed by atoms with Crippen LogP contribution in [0.25, 0.3) is 10.6 Å². The lowest BCUT2D eigenvalue weighted by molar-refractivity contribution is 0.102. The summed E-state index contributed by atoms with van der Waals surface area (Å²) < 4.78 is 27.9. The molecule has 0 aliphatic rings. The van der Waals surface area contributed by atoms with E-state index in [9.17, 15) is 13.2 Å². The first-order valence-electron chi connectivity index (χ1n) is 9.00. The standard InChI is InChI=1S/C20H21ClN4O3S2/c1-12-17(15-7-5-6-10-22-15)29-19(23-12)24-18(26)13-8-9-14(21)16(11-13)30(27,28)25-20(2,3)4/h5-11,25H,1-4H3,(H,23,24,26). The number of halogens is 1. The highest BCUT2D eigenvalue weighted by atomic mass is 35.5. The Morgan fingerprint density at radius 3 is 2.53 bits per heavy atom. The van der Waals surface area contributed by atoms with E-state index < -0.39 is 21.5 Å². The van der Waals surface area contributed by atoms with E-state index in [0.29, 0.717) is 5.13 Å². The first kappa shape index (κ1) is 22.4. The lowest BCUT2D eigenvalue weighted by atomic mass is 10.1. The Kier molecular flexibility index (Phi) is 6.28. The Balaban J connectivity index is 1.87.